The number of carbonyl (C=O) groups excluding carboxylic acids is 1. The van der Waals surface area contributed by atoms with Crippen molar-refractivity contribution in [3.05, 3.63) is 46.3 Å². The Balaban J connectivity index is 1.57. The van der Waals surface area contributed by atoms with Crippen LogP contribution in [0.15, 0.2) is 18.2 Å². The number of nitrogens with one attached hydrogen (secondary N) is 1. The maximum absolute atomic E-state index is 13.2. The van der Waals surface area contributed by atoms with Crippen LogP contribution in [-0.4, -0.2) is 44.9 Å². The first-order chi connectivity index (χ1) is 12.5. The van der Waals surface area contributed by atoms with Crippen molar-refractivity contribution >= 4 is 5.91 Å². The Morgan fingerprint density at radius 2 is 2.04 bits per heavy atom. The van der Waals surface area contributed by atoms with Crippen molar-refractivity contribution in [1.29, 1.82) is 0 Å². The fraction of sp³-hybridized carbons (Fsp3) is 0.550. The summed E-state index contributed by atoms with van der Waals surface area (Å²) in [4.78, 5) is 15.2. The van der Waals surface area contributed by atoms with E-state index in [4.69, 9.17) is 0 Å². The predicted octanol–water partition coefficient (Wildman–Crippen LogP) is 2.54. The summed E-state index contributed by atoms with van der Waals surface area (Å²) in [5.41, 5.74) is 5.11. The summed E-state index contributed by atoms with van der Waals surface area (Å²) in [6.45, 7) is 8.73. The van der Waals surface area contributed by atoms with Gasteiger partial charge in [0.15, 0.2) is 5.69 Å². The molecule has 1 aliphatic carbocycles. The molecule has 4 rings (SSSR count). The maximum Gasteiger partial charge on any atom is 0.276 e. The van der Waals surface area contributed by atoms with Crippen LogP contribution in [0.1, 0.15) is 58.2 Å². The molecule has 1 aromatic heterocycles. The van der Waals surface area contributed by atoms with Gasteiger partial charge in [-0.15, -0.1) is 5.10 Å². The quantitative estimate of drug-likeness (QED) is 0.897. The molecule has 0 radical (unpaired) electrons. The second-order valence-corrected chi connectivity index (χ2v) is 7.70. The van der Waals surface area contributed by atoms with Crippen molar-refractivity contribution in [3.63, 3.8) is 0 Å². The highest BCUT2D eigenvalue weighted by Crippen LogP contribution is 2.30. The number of rotatable bonds is 5. The Bertz CT molecular complexity index is 818. The molecule has 2 aromatic rings. The minimum Gasteiger partial charge on any atom is -0.330 e. The summed E-state index contributed by atoms with van der Waals surface area (Å²) in [6.07, 6.45) is 3.19. The topological polar surface area (TPSA) is 63.1 Å². The zero-order valence-electron chi connectivity index (χ0n) is 15.8. The van der Waals surface area contributed by atoms with E-state index in [0.717, 1.165) is 38.0 Å². The second-order valence-electron chi connectivity index (χ2n) is 7.70. The van der Waals surface area contributed by atoms with Gasteiger partial charge in [0.2, 0.25) is 0 Å². The van der Waals surface area contributed by atoms with Crippen LogP contribution in [0.25, 0.3) is 0 Å². The predicted molar refractivity (Wildman–Crippen MR) is 100 cm³/mol. The van der Waals surface area contributed by atoms with Crippen molar-refractivity contribution < 1.29 is 4.79 Å². The first kappa shape index (κ1) is 17.2. The third-order valence-electron chi connectivity index (χ3n) is 5.68. The number of hydrogen-bond acceptors (Lipinski definition) is 4. The van der Waals surface area contributed by atoms with E-state index in [-0.39, 0.29) is 5.91 Å². The number of amides is 1. The van der Waals surface area contributed by atoms with Gasteiger partial charge in [-0.3, -0.25) is 4.79 Å². The Morgan fingerprint density at radius 3 is 2.69 bits per heavy atom. The molecule has 2 aliphatic rings. The molecule has 1 atom stereocenters. The largest absolute Gasteiger partial charge is 0.330 e. The summed E-state index contributed by atoms with van der Waals surface area (Å²) in [7, 11) is 0. The van der Waals surface area contributed by atoms with Gasteiger partial charge in [-0.2, -0.15) is 0 Å². The number of benzene rings is 1. The molecule has 26 heavy (non-hydrogen) atoms. The number of aromatic nitrogens is 3. The van der Waals surface area contributed by atoms with E-state index in [1.54, 1.807) is 0 Å². The Labute approximate surface area is 154 Å². The zero-order chi connectivity index (χ0) is 18.3. The SMILES string of the molecule is Cc1ccc(CN(C(=O)c2nnn(C3CCNC3)c2C)C2CC2)cc1C. The lowest BCUT2D eigenvalue weighted by atomic mass is 10.1. The van der Waals surface area contributed by atoms with E-state index in [1.807, 2.05) is 16.5 Å². The van der Waals surface area contributed by atoms with Crippen LogP contribution in [0.2, 0.25) is 0 Å². The maximum atomic E-state index is 13.2. The van der Waals surface area contributed by atoms with E-state index in [2.05, 4.69) is 47.7 Å². The van der Waals surface area contributed by atoms with Crippen molar-refractivity contribution in [2.75, 3.05) is 13.1 Å². The Hall–Kier alpha value is -2.21. The molecule has 1 aromatic carbocycles. The van der Waals surface area contributed by atoms with Crippen molar-refractivity contribution in [2.45, 2.75) is 58.7 Å². The van der Waals surface area contributed by atoms with E-state index < -0.39 is 0 Å². The number of aryl methyl sites for hydroxylation is 2. The lowest BCUT2D eigenvalue weighted by Crippen LogP contribution is -2.33. The van der Waals surface area contributed by atoms with Crippen molar-refractivity contribution in [2.24, 2.45) is 0 Å². The molecule has 1 unspecified atom stereocenters. The van der Waals surface area contributed by atoms with Gasteiger partial charge in [-0.05, 0) is 63.3 Å². The van der Waals surface area contributed by atoms with Gasteiger partial charge in [-0.25, -0.2) is 4.68 Å². The van der Waals surface area contributed by atoms with E-state index in [9.17, 15) is 4.79 Å². The minimum absolute atomic E-state index is 0.0143. The van der Waals surface area contributed by atoms with Gasteiger partial charge >= 0.3 is 0 Å². The summed E-state index contributed by atoms with van der Waals surface area (Å²) < 4.78 is 1.92. The fourth-order valence-corrected chi connectivity index (χ4v) is 3.72. The van der Waals surface area contributed by atoms with Crippen LogP contribution in [0, 0.1) is 20.8 Å². The van der Waals surface area contributed by atoms with Gasteiger partial charge in [0.25, 0.3) is 5.91 Å². The average Bonchev–Trinajstić information content (AvgIpc) is 3.17. The van der Waals surface area contributed by atoms with Gasteiger partial charge in [0.05, 0.1) is 11.7 Å². The first-order valence-electron chi connectivity index (χ1n) is 9.54. The highest BCUT2D eigenvalue weighted by atomic mass is 16.2. The van der Waals surface area contributed by atoms with Gasteiger partial charge < -0.3 is 10.2 Å². The van der Waals surface area contributed by atoms with E-state index in [1.165, 1.54) is 16.7 Å². The second kappa shape index (κ2) is 6.83. The minimum atomic E-state index is 0.0143. The highest BCUT2D eigenvalue weighted by molar-refractivity contribution is 5.93. The van der Waals surface area contributed by atoms with E-state index >= 15 is 0 Å². The molecule has 1 saturated heterocycles. The number of carbonyl (C=O) groups is 1. The molecule has 6 heteroatoms. The van der Waals surface area contributed by atoms with Gasteiger partial charge in [0, 0.05) is 19.1 Å². The van der Waals surface area contributed by atoms with Crippen LogP contribution in [0.5, 0.6) is 0 Å². The standard InChI is InChI=1S/C20H27N5O/c1-13-4-5-16(10-14(13)2)12-24(17-6-7-17)20(26)19-15(3)25(23-22-19)18-8-9-21-11-18/h4-5,10,17-18,21H,6-9,11-12H2,1-3H3. The average molecular weight is 353 g/mol. The van der Waals surface area contributed by atoms with Crippen LogP contribution in [0.3, 0.4) is 0 Å². The lowest BCUT2D eigenvalue weighted by molar-refractivity contribution is 0.0723. The molecular weight excluding hydrogens is 326 g/mol. The van der Waals surface area contributed by atoms with Crippen LogP contribution in [-0.2, 0) is 6.54 Å². The first-order valence-corrected chi connectivity index (χ1v) is 9.54. The molecule has 2 fully saturated rings. The van der Waals surface area contributed by atoms with Crippen LogP contribution >= 0.6 is 0 Å². The van der Waals surface area contributed by atoms with Crippen LogP contribution < -0.4 is 5.32 Å². The normalized spacial score (nSPS) is 19.7. The molecule has 0 spiro atoms. The number of nitrogens with zero attached hydrogens (tertiary/aromatic N) is 4. The zero-order valence-corrected chi connectivity index (χ0v) is 15.8. The molecule has 6 nitrogen and oxygen atoms in total. The lowest BCUT2D eigenvalue weighted by Gasteiger charge is -2.22. The molecule has 1 N–H and O–H groups in total. The monoisotopic (exact) mass is 353 g/mol. The summed E-state index contributed by atoms with van der Waals surface area (Å²) >= 11 is 0. The van der Waals surface area contributed by atoms with Gasteiger partial charge in [-0.1, -0.05) is 23.4 Å². The molecule has 1 amide bonds. The molecular formula is C20H27N5O. The summed E-state index contributed by atoms with van der Waals surface area (Å²) in [5, 5.41) is 11.9. The fourth-order valence-electron chi connectivity index (χ4n) is 3.72. The molecule has 1 aliphatic heterocycles. The van der Waals surface area contributed by atoms with Crippen molar-refractivity contribution in [1.82, 2.24) is 25.2 Å². The highest BCUT2D eigenvalue weighted by Gasteiger charge is 2.35. The van der Waals surface area contributed by atoms with Gasteiger partial charge in [0.1, 0.15) is 0 Å². The third kappa shape index (κ3) is 3.26. The Kier molecular flexibility index (Phi) is 4.53. The number of hydrogen-bond donors (Lipinski definition) is 1. The van der Waals surface area contributed by atoms with E-state index in [0.29, 0.717) is 24.3 Å². The third-order valence-corrected chi connectivity index (χ3v) is 5.68. The van der Waals surface area contributed by atoms with Crippen LogP contribution in [0.4, 0.5) is 0 Å². The molecule has 0 bridgehead atoms. The molecule has 2 heterocycles. The summed E-state index contributed by atoms with van der Waals surface area (Å²) in [5.74, 6) is 0.0143. The smallest absolute Gasteiger partial charge is 0.276 e. The molecule has 1 saturated carbocycles. The Morgan fingerprint density at radius 1 is 1.23 bits per heavy atom. The summed E-state index contributed by atoms with van der Waals surface area (Å²) in [6, 6.07) is 7.08. The van der Waals surface area contributed by atoms with Crippen molar-refractivity contribution in [3.8, 4) is 0 Å². The molecule has 138 valence electrons.